The van der Waals surface area contributed by atoms with Gasteiger partial charge < -0.3 is 15.2 Å². The van der Waals surface area contributed by atoms with Gasteiger partial charge in [-0.05, 0) is 24.6 Å². The van der Waals surface area contributed by atoms with Crippen LogP contribution in [-0.4, -0.2) is 20.3 Å². The summed E-state index contributed by atoms with van der Waals surface area (Å²) in [5, 5.41) is 0. The van der Waals surface area contributed by atoms with E-state index in [2.05, 4.69) is 0 Å². The fourth-order valence-corrected chi connectivity index (χ4v) is 1.38. The number of hydrogen-bond acceptors (Lipinski definition) is 3. The maximum atomic E-state index is 13.4. The summed E-state index contributed by atoms with van der Waals surface area (Å²) >= 11 is 0. The lowest BCUT2D eigenvalue weighted by molar-refractivity contribution is 0.0686. The van der Waals surface area contributed by atoms with E-state index in [0.29, 0.717) is 13.2 Å². The minimum atomic E-state index is -0.395. The molecule has 0 bridgehead atoms. The van der Waals surface area contributed by atoms with Crippen LogP contribution in [0.4, 0.5) is 4.39 Å². The van der Waals surface area contributed by atoms with E-state index in [4.69, 9.17) is 15.2 Å². The third-order valence-electron chi connectivity index (χ3n) is 2.13. The van der Waals surface area contributed by atoms with Gasteiger partial charge in [0.05, 0.1) is 13.2 Å². The maximum absolute atomic E-state index is 13.4. The number of methoxy groups -OCH3 is 1. The van der Waals surface area contributed by atoms with Crippen LogP contribution in [0.25, 0.3) is 0 Å². The highest BCUT2D eigenvalue weighted by atomic mass is 19.1. The van der Waals surface area contributed by atoms with Crippen LogP contribution >= 0.6 is 0 Å². The van der Waals surface area contributed by atoms with E-state index in [1.807, 2.05) is 6.92 Å². The average molecular weight is 213 g/mol. The van der Waals surface area contributed by atoms with Gasteiger partial charge >= 0.3 is 0 Å². The molecule has 0 aliphatic heterocycles. The number of ether oxygens (including phenoxy) is 2. The van der Waals surface area contributed by atoms with Gasteiger partial charge in [-0.25, -0.2) is 4.39 Å². The van der Waals surface area contributed by atoms with Gasteiger partial charge in [0.15, 0.2) is 11.6 Å². The van der Waals surface area contributed by atoms with Gasteiger partial charge in [0.25, 0.3) is 0 Å². The first kappa shape index (κ1) is 11.9. The van der Waals surface area contributed by atoms with E-state index in [9.17, 15) is 4.39 Å². The van der Waals surface area contributed by atoms with E-state index in [1.54, 1.807) is 12.1 Å². The van der Waals surface area contributed by atoms with Crippen molar-refractivity contribution in [3.05, 3.63) is 29.6 Å². The van der Waals surface area contributed by atoms with Gasteiger partial charge in [-0.15, -0.1) is 0 Å². The molecular formula is C11H16FNO2. The molecule has 0 radical (unpaired) electrons. The lowest BCUT2D eigenvalue weighted by Gasteiger charge is -2.15. The molecular weight excluding hydrogens is 197 g/mol. The first-order valence-corrected chi connectivity index (χ1v) is 4.88. The predicted molar refractivity (Wildman–Crippen MR) is 56.4 cm³/mol. The molecule has 0 fully saturated rings. The summed E-state index contributed by atoms with van der Waals surface area (Å²) in [6.45, 7) is 2.76. The van der Waals surface area contributed by atoms with Gasteiger partial charge in [0, 0.05) is 13.2 Å². The highest BCUT2D eigenvalue weighted by Crippen LogP contribution is 2.23. The Hall–Kier alpha value is -1.13. The summed E-state index contributed by atoms with van der Waals surface area (Å²) in [6.07, 6.45) is -0.254. The normalized spacial score (nSPS) is 12.5. The molecule has 0 aliphatic carbocycles. The zero-order valence-corrected chi connectivity index (χ0v) is 9.00. The highest BCUT2D eigenvalue weighted by Gasteiger charge is 2.12. The van der Waals surface area contributed by atoms with Gasteiger partial charge in [0.1, 0.15) is 0 Å². The summed E-state index contributed by atoms with van der Waals surface area (Å²) in [5.74, 6) is -0.167. The number of hydrogen-bond donors (Lipinski definition) is 1. The van der Waals surface area contributed by atoms with Crippen molar-refractivity contribution in [1.29, 1.82) is 0 Å². The highest BCUT2D eigenvalue weighted by molar-refractivity contribution is 5.30. The van der Waals surface area contributed by atoms with Crippen LogP contribution in [0.3, 0.4) is 0 Å². The largest absolute Gasteiger partial charge is 0.494 e. The molecule has 15 heavy (non-hydrogen) atoms. The molecule has 4 heteroatoms. The van der Waals surface area contributed by atoms with E-state index in [0.717, 1.165) is 5.56 Å². The Kier molecular flexibility index (Phi) is 4.52. The first-order valence-electron chi connectivity index (χ1n) is 4.88. The number of rotatable bonds is 5. The molecule has 1 aromatic carbocycles. The van der Waals surface area contributed by atoms with Crippen LogP contribution in [0.1, 0.15) is 18.6 Å². The van der Waals surface area contributed by atoms with Crippen molar-refractivity contribution < 1.29 is 13.9 Å². The molecule has 1 unspecified atom stereocenters. The standard InChI is InChI=1S/C11H16FNO2/c1-3-15-11(7-13)8-4-5-10(14-2)9(12)6-8/h4-6,11H,3,7,13H2,1-2H3. The van der Waals surface area contributed by atoms with Crippen LogP contribution in [0.15, 0.2) is 18.2 Å². The van der Waals surface area contributed by atoms with Crippen molar-refractivity contribution >= 4 is 0 Å². The Morgan fingerprint density at radius 1 is 1.47 bits per heavy atom. The van der Waals surface area contributed by atoms with Crippen molar-refractivity contribution in [2.24, 2.45) is 5.73 Å². The molecule has 0 heterocycles. The lowest BCUT2D eigenvalue weighted by atomic mass is 10.1. The van der Waals surface area contributed by atoms with Gasteiger partial charge in [-0.3, -0.25) is 0 Å². The van der Waals surface area contributed by atoms with Crippen LogP contribution in [0.5, 0.6) is 5.75 Å². The molecule has 1 aromatic rings. The summed E-state index contributed by atoms with van der Waals surface area (Å²) in [7, 11) is 1.43. The molecule has 84 valence electrons. The van der Waals surface area contributed by atoms with Crippen molar-refractivity contribution in [2.45, 2.75) is 13.0 Å². The Balaban J connectivity index is 2.89. The Morgan fingerprint density at radius 3 is 2.67 bits per heavy atom. The van der Waals surface area contributed by atoms with Crippen molar-refractivity contribution in [1.82, 2.24) is 0 Å². The van der Waals surface area contributed by atoms with Crippen molar-refractivity contribution in [3.8, 4) is 5.75 Å². The second-order valence-corrected chi connectivity index (χ2v) is 3.07. The topological polar surface area (TPSA) is 44.5 Å². The number of benzene rings is 1. The second kappa shape index (κ2) is 5.68. The summed E-state index contributed by atoms with van der Waals surface area (Å²) in [5.41, 5.74) is 6.27. The maximum Gasteiger partial charge on any atom is 0.165 e. The molecule has 1 rings (SSSR count). The van der Waals surface area contributed by atoms with Crippen LogP contribution < -0.4 is 10.5 Å². The quantitative estimate of drug-likeness (QED) is 0.812. The molecule has 2 N–H and O–H groups in total. The Labute approximate surface area is 89.0 Å². The van der Waals surface area contributed by atoms with E-state index in [1.165, 1.54) is 13.2 Å². The molecule has 0 saturated carbocycles. The molecule has 0 amide bonds. The number of halogens is 1. The smallest absolute Gasteiger partial charge is 0.165 e. The van der Waals surface area contributed by atoms with Crippen molar-refractivity contribution in [2.75, 3.05) is 20.3 Å². The second-order valence-electron chi connectivity index (χ2n) is 3.07. The van der Waals surface area contributed by atoms with Crippen molar-refractivity contribution in [3.63, 3.8) is 0 Å². The molecule has 0 saturated heterocycles. The number of nitrogens with two attached hydrogens (primary N) is 1. The fourth-order valence-electron chi connectivity index (χ4n) is 1.38. The van der Waals surface area contributed by atoms with Crippen LogP contribution in [-0.2, 0) is 4.74 Å². The molecule has 0 aliphatic rings. The third kappa shape index (κ3) is 2.91. The summed E-state index contributed by atoms with van der Waals surface area (Å²) in [6, 6.07) is 4.73. The monoisotopic (exact) mass is 213 g/mol. The fraction of sp³-hybridized carbons (Fsp3) is 0.455. The SMILES string of the molecule is CCOC(CN)c1ccc(OC)c(F)c1. The van der Waals surface area contributed by atoms with Gasteiger partial charge in [-0.2, -0.15) is 0 Å². The zero-order valence-electron chi connectivity index (χ0n) is 9.00. The molecule has 0 spiro atoms. The lowest BCUT2D eigenvalue weighted by Crippen LogP contribution is -2.16. The minimum absolute atomic E-state index is 0.228. The van der Waals surface area contributed by atoms with E-state index in [-0.39, 0.29) is 11.9 Å². The predicted octanol–water partition coefficient (Wildman–Crippen LogP) is 1.87. The van der Waals surface area contributed by atoms with E-state index < -0.39 is 5.82 Å². The summed E-state index contributed by atoms with van der Waals surface area (Å²) < 4.78 is 23.6. The van der Waals surface area contributed by atoms with Crippen LogP contribution in [0.2, 0.25) is 0 Å². The minimum Gasteiger partial charge on any atom is -0.494 e. The van der Waals surface area contributed by atoms with Crippen LogP contribution in [0, 0.1) is 5.82 Å². The Bertz CT molecular complexity index is 317. The Morgan fingerprint density at radius 2 is 2.20 bits per heavy atom. The van der Waals surface area contributed by atoms with Gasteiger partial charge in [-0.1, -0.05) is 6.07 Å². The first-order chi connectivity index (χ1) is 7.22. The van der Waals surface area contributed by atoms with Gasteiger partial charge in [0.2, 0.25) is 0 Å². The molecule has 1 atom stereocenters. The molecule has 0 aromatic heterocycles. The average Bonchev–Trinajstić information content (AvgIpc) is 2.25. The zero-order chi connectivity index (χ0) is 11.3. The molecule has 3 nitrogen and oxygen atoms in total. The van der Waals surface area contributed by atoms with E-state index >= 15 is 0 Å². The third-order valence-corrected chi connectivity index (χ3v) is 2.13. The summed E-state index contributed by atoms with van der Waals surface area (Å²) in [4.78, 5) is 0.